The Morgan fingerprint density at radius 3 is 2.47 bits per heavy atom. The number of benzene rings is 2. The predicted octanol–water partition coefficient (Wildman–Crippen LogP) is 3.69. The first-order chi connectivity index (χ1) is 18.3. The van der Waals surface area contributed by atoms with Crippen molar-refractivity contribution in [3.05, 3.63) is 75.7 Å². The first kappa shape index (κ1) is 26.5. The molecule has 1 saturated heterocycles. The summed E-state index contributed by atoms with van der Waals surface area (Å²) in [6, 6.07) is 13.9. The van der Waals surface area contributed by atoms with Gasteiger partial charge in [0.1, 0.15) is 5.69 Å². The van der Waals surface area contributed by atoms with Gasteiger partial charge in [-0.3, -0.25) is 4.79 Å². The van der Waals surface area contributed by atoms with Crippen molar-refractivity contribution in [2.75, 3.05) is 43.4 Å². The molecule has 2 aromatic carbocycles. The van der Waals surface area contributed by atoms with Crippen molar-refractivity contribution in [1.29, 1.82) is 0 Å². The second kappa shape index (κ2) is 11.3. The van der Waals surface area contributed by atoms with Crippen molar-refractivity contribution < 1.29 is 13.2 Å². The molecule has 0 atom stereocenters. The molecule has 1 aliphatic heterocycles. The number of nitrogen functional groups attached to an aromatic ring is 1. The standard InChI is InChI=1S/C27H32ClN5O4S/c28-22-8-4-10-24(16-22)33-27(34)26(37-18-20-5-1-2-6-20)25(17-30-33)31-11-13-32(14-12-31)38(35,36)19-21-7-3-9-23(29)15-21/h3-4,7-10,15-17,20H,1-2,5-6,11-14,18-19,29H2. The molecule has 202 valence electrons. The lowest BCUT2D eigenvalue weighted by Gasteiger charge is -2.35. The highest BCUT2D eigenvalue weighted by molar-refractivity contribution is 7.88. The number of anilines is 2. The van der Waals surface area contributed by atoms with Gasteiger partial charge in [0.15, 0.2) is 0 Å². The summed E-state index contributed by atoms with van der Waals surface area (Å²) in [5, 5.41) is 4.92. The van der Waals surface area contributed by atoms with Gasteiger partial charge in [-0.25, -0.2) is 8.42 Å². The third-order valence-corrected chi connectivity index (χ3v) is 9.26. The van der Waals surface area contributed by atoms with Crippen LogP contribution in [0.2, 0.25) is 5.02 Å². The van der Waals surface area contributed by atoms with Crippen molar-refractivity contribution in [3.63, 3.8) is 0 Å². The predicted molar refractivity (Wildman–Crippen MR) is 150 cm³/mol. The number of piperazine rings is 1. The number of hydrogen-bond donors (Lipinski definition) is 1. The van der Waals surface area contributed by atoms with E-state index < -0.39 is 10.0 Å². The molecule has 0 unspecified atom stereocenters. The molecular weight excluding hydrogens is 526 g/mol. The Hall–Kier alpha value is -3.08. The van der Waals surface area contributed by atoms with Crippen LogP contribution in [0.3, 0.4) is 0 Å². The van der Waals surface area contributed by atoms with Crippen LogP contribution in [-0.2, 0) is 15.8 Å². The van der Waals surface area contributed by atoms with Crippen LogP contribution < -0.4 is 20.9 Å². The number of nitrogens with zero attached hydrogens (tertiary/aromatic N) is 4. The highest BCUT2D eigenvalue weighted by Crippen LogP contribution is 2.30. The van der Waals surface area contributed by atoms with Crippen molar-refractivity contribution in [2.45, 2.75) is 31.4 Å². The minimum absolute atomic E-state index is 0.106. The quantitative estimate of drug-likeness (QED) is 0.420. The van der Waals surface area contributed by atoms with Crippen molar-refractivity contribution in [1.82, 2.24) is 14.1 Å². The summed E-state index contributed by atoms with van der Waals surface area (Å²) in [7, 11) is -3.52. The third kappa shape index (κ3) is 5.98. The molecule has 2 fully saturated rings. The Morgan fingerprint density at radius 1 is 1.03 bits per heavy atom. The number of rotatable bonds is 8. The number of nitrogens with two attached hydrogens (primary N) is 1. The maximum Gasteiger partial charge on any atom is 0.316 e. The van der Waals surface area contributed by atoms with E-state index in [0.29, 0.717) is 66.4 Å². The van der Waals surface area contributed by atoms with E-state index >= 15 is 0 Å². The van der Waals surface area contributed by atoms with Gasteiger partial charge in [0.2, 0.25) is 15.8 Å². The smallest absolute Gasteiger partial charge is 0.316 e. The minimum Gasteiger partial charge on any atom is -0.486 e. The molecule has 0 bridgehead atoms. The van der Waals surface area contributed by atoms with Crippen molar-refractivity contribution >= 4 is 33.0 Å². The normalized spacial score (nSPS) is 17.1. The summed E-state index contributed by atoms with van der Waals surface area (Å²) in [5.41, 5.74) is 7.78. The maximum absolute atomic E-state index is 13.6. The first-order valence-electron chi connectivity index (χ1n) is 12.9. The van der Waals surface area contributed by atoms with Crippen LogP contribution in [-0.4, -0.2) is 55.3 Å². The highest BCUT2D eigenvalue weighted by Gasteiger charge is 2.30. The third-order valence-electron chi connectivity index (χ3n) is 7.18. The van der Waals surface area contributed by atoms with Crippen LogP contribution in [0.1, 0.15) is 31.2 Å². The molecule has 0 spiro atoms. The molecule has 2 aliphatic rings. The topological polar surface area (TPSA) is 111 Å². The molecule has 1 aromatic heterocycles. The van der Waals surface area contributed by atoms with Gasteiger partial charge < -0.3 is 15.4 Å². The number of ether oxygens (including phenoxy) is 1. The Kier molecular flexibility index (Phi) is 7.92. The van der Waals surface area contributed by atoms with E-state index in [0.717, 1.165) is 12.8 Å². The molecule has 0 radical (unpaired) electrons. The van der Waals surface area contributed by atoms with Crippen molar-refractivity contribution in [3.8, 4) is 11.4 Å². The fraction of sp³-hybridized carbons (Fsp3) is 0.407. The molecule has 5 rings (SSSR count). The van der Waals surface area contributed by atoms with Crippen LogP contribution >= 0.6 is 11.6 Å². The number of halogens is 1. The van der Waals surface area contributed by atoms with E-state index in [4.69, 9.17) is 22.1 Å². The molecule has 3 aromatic rings. The van der Waals surface area contributed by atoms with E-state index in [1.807, 2.05) is 4.90 Å². The second-order valence-corrected chi connectivity index (χ2v) is 12.3. The van der Waals surface area contributed by atoms with Gasteiger partial charge in [0, 0.05) is 36.9 Å². The Labute approximate surface area is 227 Å². The second-order valence-electron chi connectivity index (χ2n) is 9.90. The van der Waals surface area contributed by atoms with Crippen LogP contribution in [0.4, 0.5) is 11.4 Å². The summed E-state index contributed by atoms with van der Waals surface area (Å²) in [5.74, 6) is 0.553. The summed E-state index contributed by atoms with van der Waals surface area (Å²) in [6.45, 7) is 1.89. The number of hydrogen-bond acceptors (Lipinski definition) is 7. The molecule has 38 heavy (non-hydrogen) atoms. The van der Waals surface area contributed by atoms with Gasteiger partial charge in [-0.1, -0.05) is 42.6 Å². The monoisotopic (exact) mass is 557 g/mol. The number of aromatic nitrogens is 2. The van der Waals surface area contributed by atoms with E-state index in [2.05, 4.69) is 5.10 Å². The van der Waals surface area contributed by atoms with E-state index in [1.165, 1.54) is 21.8 Å². The minimum atomic E-state index is -3.52. The number of sulfonamides is 1. The molecule has 2 N–H and O–H groups in total. The SMILES string of the molecule is Nc1cccc(CS(=O)(=O)N2CCN(c3cnn(-c4cccc(Cl)c4)c(=O)c3OCC3CCCC3)CC2)c1. The molecular formula is C27H32ClN5O4S. The first-order valence-corrected chi connectivity index (χ1v) is 14.9. The summed E-state index contributed by atoms with van der Waals surface area (Å²) < 4.78 is 35.1. The summed E-state index contributed by atoms with van der Waals surface area (Å²) in [4.78, 5) is 15.6. The Bertz CT molecular complexity index is 1450. The molecule has 1 aliphatic carbocycles. The Balaban J connectivity index is 1.36. The zero-order valence-electron chi connectivity index (χ0n) is 21.1. The van der Waals surface area contributed by atoms with E-state index in [9.17, 15) is 13.2 Å². The fourth-order valence-corrected chi connectivity index (χ4v) is 6.84. The van der Waals surface area contributed by atoms with Crippen LogP contribution in [0.15, 0.2) is 59.5 Å². The van der Waals surface area contributed by atoms with Gasteiger partial charge >= 0.3 is 5.56 Å². The van der Waals surface area contributed by atoms with Gasteiger partial charge in [0.05, 0.1) is 24.2 Å². The van der Waals surface area contributed by atoms with E-state index in [-0.39, 0.29) is 17.1 Å². The lowest BCUT2D eigenvalue weighted by atomic mass is 10.1. The largest absolute Gasteiger partial charge is 0.486 e. The summed E-state index contributed by atoms with van der Waals surface area (Å²) in [6.07, 6.45) is 6.16. The lowest BCUT2D eigenvalue weighted by Crippen LogP contribution is -2.49. The van der Waals surface area contributed by atoms with Crippen LogP contribution in [0.25, 0.3) is 5.69 Å². The van der Waals surface area contributed by atoms with Gasteiger partial charge in [-0.05, 0) is 54.7 Å². The van der Waals surface area contributed by atoms with Gasteiger partial charge in [-0.2, -0.15) is 14.1 Å². The van der Waals surface area contributed by atoms with E-state index in [1.54, 1.807) is 54.7 Å². The summed E-state index contributed by atoms with van der Waals surface area (Å²) >= 11 is 6.15. The van der Waals surface area contributed by atoms with Crippen LogP contribution in [0, 0.1) is 5.92 Å². The Morgan fingerprint density at radius 2 is 1.76 bits per heavy atom. The molecule has 1 saturated carbocycles. The van der Waals surface area contributed by atoms with Gasteiger partial charge in [0.25, 0.3) is 0 Å². The lowest BCUT2D eigenvalue weighted by molar-refractivity contribution is 0.247. The molecule has 2 heterocycles. The zero-order valence-corrected chi connectivity index (χ0v) is 22.7. The molecule has 11 heteroatoms. The molecule has 0 amide bonds. The zero-order chi connectivity index (χ0) is 26.7. The highest BCUT2D eigenvalue weighted by atomic mass is 35.5. The van der Waals surface area contributed by atoms with Gasteiger partial charge in [-0.15, -0.1) is 0 Å². The fourth-order valence-electron chi connectivity index (χ4n) is 5.15. The average Bonchev–Trinajstić information content (AvgIpc) is 3.41. The van der Waals surface area contributed by atoms with Crippen molar-refractivity contribution in [2.24, 2.45) is 5.92 Å². The maximum atomic E-state index is 13.6. The molecule has 9 nitrogen and oxygen atoms in total. The average molecular weight is 558 g/mol. The van der Waals surface area contributed by atoms with Crippen LogP contribution in [0.5, 0.6) is 5.75 Å².